The third kappa shape index (κ3) is 3.15. The van der Waals surface area contributed by atoms with Gasteiger partial charge in [0.1, 0.15) is 6.61 Å². The number of carboxylic acids is 1. The van der Waals surface area contributed by atoms with Gasteiger partial charge in [0.05, 0.1) is 5.92 Å². The lowest BCUT2D eigenvalue weighted by Gasteiger charge is -2.39. The molecule has 3 atom stereocenters. The molecule has 4 rings (SSSR count). The van der Waals surface area contributed by atoms with E-state index in [-0.39, 0.29) is 30.6 Å². The highest BCUT2D eigenvalue weighted by molar-refractivity contribution is 5.79. The molecule has 1 N–H and O–H groups in total. The van der Waals surface area contributed by atoms with Gasteiger partial charge in [-0.25, -0.2) is 4.79 Å². The molecule has 2 aromatic rings. The molecule has 2 aromatic carbocycles. The normalized spacial score (nSPS) is 23.8. The van der Waals surface area contributed by atoms with Crippen molar-refractivity contribution in [2.24, 2.45) is 11.8 Å². The Hall–Kier alpha value is -2.82. The molecular weight excluding hydrogens is 354 g/mol. The Kier molecular flexibility index (Phi) is 4.84. The molecule has 0 spiro atoms. The zero-order chi connectivity index (χ0) is 19.8. The van der Waals surface area contributed by atoms with E-state index in [2.05, 4.69) is 24.3 Å². The third-order valence-electron chi connectivity index (χ3n) is 6.19. The summed E-state index contributed by atoms with van der Waals surface area (Å²) in [6.45, 7) is 4.47. The van der Waals surface area contributed by atoms with E-state index in [4.69, 9.17) is 4.74 Å². The van der Waals surface area contributed by atoms with Crippen molar-refractivity contribution in [3.8, 4) is 11.1 Å². The molecule has 2 aliphatic rings. The second-order valence-electron chi connectivity index (χ2n) is 7.96. The summed E-state index contributed by atoms with van der Waals surface area (Å²) in [5.41, 5.74) is 4.76. The molecule has 1 saturated heterocycles. The van der Waals surface area contributed by atoms with Crippen molar-refractivity contribution in [2.45, 2.75) is 32.2 Å². The maximum Gasteiger partial charge on any atom is 0.410 e. The Morgan fingerprint density at radius 1 is 1.04 bits per heavy atom. The SMILES string of the molecule is C[C@@H]1CN(C(=O)OCC2c3ccccc3-c3ccccc32)[C@H](C)C[C@@H]1C(=O)O. The van der Waals surface area contributed by atoms with Crippen LogP contribution in [0, 0.1) is 11.8 Å². The summed E-state index contributed by atoms with van der Waals surface area (Å²) in [6.07, 6.45) is 0.103. The van der Waals surface area contributed by atoms with Crippen molar-refractivity contribution < 1.29 is 19.4 Å². The minimum Gasteiger partial charge on any atom is -0.481 e. The van der Waals surface area contributed by atoms with Crippen LogP contribution in [-0.2, 0) is 9.53 Å². The summed E-state index contributed by atoms with van der Waals surface area (Å²) in [5, 5.41) is 9.35. The molecule has 0 radical (unpaired) electrons. The number of aliphatic carboxylic acids is 1. The number of carbonyl (C=O) groups excluding carboxylic acids is 1. The van der Waals surface area contributed by atoms with Gasteiger partial charge in [0.25, 0.3) is 0 Å². The van der Waals surface area contributed by atoms with E-state index in [0.29, 0.717) is 13.0 Å². The first-order chi connectivity index (χ1) is 13.5. The molecule has 146 valence electrons. The maximum absolute atomic E-state index is 12.8. The van der Waals surface area contributed by atoms with Crippen LogP contribution in [0.15, 0.2) is 48.5 Å². The Morgan fingerprint density at radius 3 is 2.18 bits per heavy atom. The van der Waals surface area contributed by atoms with Crippen molar-refractivity contribution >= 4 is 12.1 Å². The highest BCUT2D eigenvalue weighted by Gasteiger charge is 2.38. The van der Waals surface area contributed by atoms with Gasteiger partial charge in [-0.15, -0.1) is 0 Å². The van der Waals surface area contributed by atoms with Gasteiger partial charge in [0, 0.05) is 18.5 Å². The van der Waals surface area contributed by atoms with Crippen LogP contribution in [0.2, 0.25) is 0 Å². The molecule has 1 aliphatic heterocycles. The van der Waals surface area contributed by atoms with Crippen molar-refractivity contribution in [3.63, 3.8) is 0 Å². The van der Waals surface area contributed by atoms with Gasteiger partial charge in [-0.05, 0) is 41.5 Å². The number of ether oxygens (including phenoxy) is 1. The molecule has 1 fully saturated rings. The fraction of sp³-hybridized carbons (Fsp3) is 0.391. The molecule has 0 unspecified atom stereocenters. The summed E-state index contributed by atoms with van der Waals surface area (Å²) >= 11 is 0. The van der Waals surface area contributed by atoms with Crippen LogP contribution in [0.4, 0.5) is 4.79 Å². The predicted molar refractivity (Wildman–Crippen MR) is 106 cm³/mol. The first-order valence-electron chi connectivity index (χ1n) is 9.81. The summed E-state index contributed by atoms with van der Waals surface area (Å²) in [7, 11) is 0. The van der Waals surface area contributed by atoms with Gasteiger partial charge in [-0.1, -0.05) is 55.5 Å². The number of amides is 1. The van der Waals surface area contributed by atoms with Crippen molar-refractivity contribution in [3.05, 3.63) is 59.7 Å². The number of nitrogens with zero attached hydrogens (tertiary/aromatic N) is 1. The van der Waals surface area contributed by atoms with Gasteiger partial charge in [0.15, 0.2) is 0 Å². The van der Waals surface area contributed by atoms with Crippen LogP contribution in [0.25, 0.3) is 11.1 Å². The monoisotopic (exact) mass is 379 g/mol. The van der Waals surface area contributed by atoms with Crippen molar-refractivity contribution in [1.82, 2.24) is 4.90 Å². The van der Waals surface area contributed by atoms with Gasteiger partial charge in [-0.3, -0.25) is 4.79 Å². The number of piperidine rings is 1. The number of rotatable bonds is 3. The molecule has 1 aliphatic carbocycles. The molecule has 5 nitrogen and oxygen atoms in total. The number of carbonyl (C=O) groups is 2. The average molecular weight is 379 g/mol. The lowest BCUT2D eigenvalue weighted by Crippen LogP contribution is -2.50. The molecule has 0 saturated carbocycles. The third-order valence-corrected chi connectivity index (χ3v) is 6.19. The van der Waals surface area contributed by atoms with Crippen molar-refractivity contribution in [2.75, 3.05) is 13.2 Å². The Bertz CT molecular complexity index is 863. The summed E-state index contributed by atoms with van der Waals surface area (Å²) < 4.78 is 5.73. The zero-order valence-electron chi connectivity index (χ0n) is 16.2. The van der Waals surface area contributed by atoms with E-state index in [1.165, 1.54) is 22.3 Å². The predicted octanol–water partition coefficient (Wildman–Crippen LogP) is 4.37. The van der Waals surface area contributed by atoms with Gasteiger partial charge >= 0.3 is 12.1 Å². The second-order valence-corrected chi connectivity index (χ2v) is 7.96. The summed E-state index contributed by atoms with van der Waals surface area (Å²) in [5.74, 6) is -1.26. The van der Waals surface area contributed by atoms with Gasteiger partial charge in [0.2, 0.25) is 0 Å². The number of hydrogen-bond acceptors (Lipinski definition) is 3. The van der Waals surface area contributed by atoms with Crippen LogP contribution in [0.3, 0.4) is 0 Å². The minimum atomic E-state index is -0.786. The van der Waals surface area contributed by atoms with E-state index in [1.807, 2.05) is 38.1 Å². The highest BCUT2D eigenvalue weighted by Crippen LogP contribution is 2.44. The molecular formula is C23H25NO4. The van der Waals surface area contributed by atoms with Crippen LogP contribution >= 0.6 is 0 Å². The number of fused-ring (bicyclic) bond motifs is 3. The van der Waals surface area contributed by atoms with Crippen LogP contribution < -0.4 is 0 Å². The van der Waals surface area contributed by atoms with E-state index in [0.717, 1.165) is 0 Å². The Labute approximate surface area is 164 Å². The lowest BCUT2D eigenvalue weighted by molar-refractivity contribution is -0.146. The second kappa shape index (κ2) is 7.30. The topological polar surface area (TPSA) is 66.8 Å². The Balaban J connectivity index is 1.48. The van der Waals surface area contributed by atoms with Gasteiger partial charge in [-0.2, -0.15) is 0 Å². The molecule has 1 heterocycles. The fourth-order valence-electron chi connectivity index (χ4n) is 4.62. The van der Waals surface area contributed by atoms with Gasteiger partial charge < -0.3 is 14.7 Å². The largest absolute Gasteiger partial charge is 0.481 e. The molecule has 0 aromatic heterocycles. The highest BCUT2D eigenvalue weighted by atomic mass is 16.6. The lowest BCUT2D eigenvalue weighted by atomic mass is 9.83. The van der Waals surface area contributed by atoms with Crippen LogP contribution in [0.5, 0.6) is 0 Å². The van der Waals surface area contributed by atoms with E-state index >= 15 is 0 Å². The summed E-state index contributed by atoms with van der Waals surface area (Å²) in [4.78, 5) is 25.8. The standard InChI is InChI=1S/C23H25NO4/c1-14-12-24(15(2)11-20(14)22(25)26)23(27)28-13-21-18-9-5-3-7-16(18)17-8-4-6-10-19(17)21/h3-10,14-15,20-21H,11-13H2,1-2H3,(H,25,26)/t14-,15-,20+/m1/s1. The minimum absolute atomic E-state index is 0.0284. The number of benzene rings is 2. The van der Waals surface area contributed by atoms with E-state index < -0.39 is 11.9 Å². The summed E-state index contributed by atoms with van der Waals surface area (Å²) in [6, 6.07) is 16.3. The first kappa shape index (κ1) is 18.5. The van der Waals surface area contributed by atoms with E-state index in [1.54, 1.807) is 4.90 Å². The maximum atomic E-state index is 12.8. The van der Waals surface area contributed by atoms with Crippen molar-refractivity contribution in [1.29, 1.82) is 0 Å². The van der Waals surface area contributed by atoms with Crippen LogP contribution in [-0.4, -0.2) is 41.3 Å². The van der Waals surface area contributed by atoms with E-state index in [9.17, 15) is 14.7 Å². The fourth-order valence-corrected chi connectivity index (χ4v) is 4.62. The number of hydrogen-bond donors (Lipinski definition) is 1. The first-order valence-corrected chi connectivity index (χ1v) is 9.81. The molecule has 5 heteroatoms. The Morgan fingerprint density at radius 2 is 1.61 bits per heavy atom. The average Bonchev–Trinajstić information content (AvgIpc) is 3.01. The molecule has 0 bridgehead atoms. The number of likely N-dealkylation sites (tertiary alicyclic amines) is 1. The molecule has 28 heavy (non-hydrogen) atoms. The quantitative estimate of drug-likeness (QED) is 0.860. The van der Waals surface area contributed by atoms with Crippen LogP contribution in [0.1, 0.15) is 37.3 Å². The number of carboxylic acid groups (broad SMARTS) is 1. The smallest absolute Gasteiger partial charge is 0.410 e. The zero-order valence-corrected chi connectivity index (χ0v) is 16.2. The molecule has 1 amide bonds.